The molecule has 108 valence electrons. The van der Waals surface area contributed by atoms with Gasteiger partial charge in [0.05, 0.1) is 13.0 Å². The van der Waals surface area contributed by atoms with Crippen LogP contribution in [0.15, 0.2) is 28.7 Å². The molecule has 4 heteroatoms. The average molecular weight is 338 g/mol. The van der Waals surface area contributed by atoms with Crippen molar-refractivity contribution in [1.82, 2.24) is 4.90 Å². The van der Waals surface area contributed by atoms with Crippen molar-refractivity contribution in [3.05, 3.63) is 34.3 Å². The van der Waals surface area contributed by atoms with Crippen molar-refractivity contribution >= 4 is 21.8 Å². The van der Waals surface area contributed by atoms with Crippen molar-refractivity contribution in [3.63, 3.8) is 0 Å². The highest BCUT2D eigenvalue weighted by molar-refractivity contribution is 9.10. The summed E-state index contributed by atoms with van der Waals surface area (Å²) in [6, 6.07) is 8.46. The van der Waals surface area contributed by atoms with Crippen LogP contribution in [0.25, 0.3) is 0 Å². The number of nitrogens with zero attached hydrogens (tertiary/aromatic N) is 1. The van der Waals surface area contributed by atoms with Crippen molar-refractivity contribution in [2.75, 3.05) is 19.8 Å². The molecule has 0 radical (unpaired) electrons. The van der Waals surface area contributed by atoms with E-state index in [1.54, 1.807) is 0 Å². The van der Waals surface area contributed by atoms with E-state index in [1.807, 2.05) is 24.3 Å². The van der Waals surface area contributed by atoms with Gasteiger partial charge in [-0.1, -0.05) is 34.1 Å². The molecule has 1 unspecified atom stereocenters. The number of halogens is 1. The summed E-state index contributed by atoms with van der Waals surface area (Å²) in [5.41, 5.74) is 1.07. The van der Waals surface area contributed by atoms with Crippen LogP contribution in [0.5, 0.6) is 0 Å². The fourth-order valence-electron chi connectivity index (χ4n) is 2.75. The van der Waals surface area contributed by atoms with Crippen molar-refractivity contribution in [3.8, 4) is 0 Å². The van der Waals surface area contributed by atoms with Gasteiger partial charge in [-0.3, -0.25) is 4.79 Å². The molecule has 2 fully saturated rings. The van der Waals surface area contributed by atoms with E-state index in [0.29, 0.717) is 18.4 Å². The Morgan fingerprint density at radius 3 is 2.75 bits per heavy atom. The molecule has 3 rings (SSSR count). The molecule has 3 nitrogen and oxygen atoms in total. The topological polar surface area (TPSA) is 29.5 Å². The Kier molecular flexibility index (Phi) is 4.41. The lowest BCUT2D eigenvalue weighted by Crippen LogP contribution is -2.38. The largest absolute Gasteiger partial charge is 0.381 e. The maximum Gasteiger partial charge on any atom is 0.227 e. The average Bonchev–Trinajstić information content (AvgIpc) is 3.15. The third-order valence-electron chi connectivity index (χ3n) is 4.09. The van der Waals surface area contributed by atoms with E-state index in [2.05, 4.69) is 20.8 Å². The van der Waals surface area contributed by atoms with Crippen LogP contribution in [0, 0.1) is 5.92 Å². The van der Waals surface area contributed by atoms with Crippen molar-refractivity contribution < 1.29 is 9.53 Å². The summed E-state index contributed by atoms with van der Waals surface area (Å²) in [7, 11) is 0. The molecule has 1 atom stereocenters. The summed E-state index contributed by atoms with van der Waals surface area (Å²) in [4.78, 5) is 14.7. The molecule has 1 aliphatic heterocycles. The third-order valence-corrected chi connectivity index (χ3v) is 4.86. The SMILES string of the molecule is O=C(Cc1ccccc1Br)N(CC1CCOC1)C1CC1. The van der Waals surface area contributed by atoms with Crippen LogP contribution in [0.3, 0.4) is 0 Å². The highest BCUT2D eigenvalue weighted by atomic mass is 79.9. The normalized spacial score (nSPS) is 21.9. The van der Waals surface area contributed by atoms with E-state index in [4.69, 9.17) is 4.74 Å². The zero-order chi connectivity index (χ0) is 13.9. The molecule has 1 saturated heterocycles. The number of ether oxygens (including phenoxy) is 1. The van der Waals surface area contributed by atoms with Gasteiger partial charge in [-0.25, -0.2) is 0 Å². The number of carbonyl (C=O) groups is 1. The fourth-order valence-corrected chi connectivity index (χ4v) is 3.18. The summed E-state index contributed by atoms with van der Waals surface area (Å²) in [6.45, 7) is 2.53. The monoisotopic (exact) mass is 337 g/mol. The van der Waals surface area contributed by atoms with Crippen LogP contribution in [0.1, 0.15) is 24.8 Å². The Bertz CT molecular complexity index is 481. The Hall–Kier alpha value is -0.870. The number of benzene rings is 1. The van der Waals surface area contributed by atoms with Crippen molar-refractivity contribution in [1.29, 1.82) is 0 Å². The summed E-state index contributed by atoms with van der Waals surface area (Å²) in [5, 5.41) is 0. The Morgan fingerprint density at radius 2 is 2.10 bits per heavy atom. The first-order valence-corrected chi connectivity index (χ1v) is 8.14. The van der Waals surface area contributed by atoms with Crippen molar-refractivity contribution in [2.24, 2.45) is 5.92 Å². The molecule has 0 bridgehead atoms. The first kappa shape index (κ1) is 14.1. The standard InChI is InChI=1S/C16H20BrNO2/c17-15-4-2-1-3-13(15)9-16(19)18(14-5-6-14)10-12-7-8-20-11-12/h1-4,12,14H,5-11H2. The van der Waals surface area contributed by atoms with Gasteiger partial charge in [-0.2, -0.15) is 0 Å². The van der Waals surface area contributed by atoms with Crippen LogP contribution in [-0.4, -0.2) is 36.6 Å². The van der Waals surface area contributed by atoms with Gasteiger partial charge >= 0.3 is 0 Å². The predicted molar refractivity (Wildman–Crippen MR) is 81.5 cm³/mol. The Morgan fingerprint density at radius 1 is 1.30 bits per heavy atom. The van der Waals surface area contributed by atoms with Gasteiger partial charge in [-0.05, 0) is 30.9 Å². The highest BCUT2D eigenvalue weighted by Crippen LogP contribution is 2.30. The molecule has 1 heterocycles. The summed E-state index contributed by atoms with van der Waals surface area (Å²) >= 11 is 3.52. The number of rotatable bonds is 5. The van der Waals surface area contributed by atoms with Crippen molar-refractivity contribution in [2.45, 2.75) is 31.7 Å². The van der Waals surface area contributed by atoms with E-state index < -0.39 is 0 Å². The summed E-state index contributed by atoms with van der Waals surface area (Å²) in [5.74, 6) is 0.782. The molecule has 1 saturated carbocycles. The highest BCUT2D eigenvalue weighted by Gasteiger charge is 2.34. The van der Waals surface area contributed by atoms with E-state index >= 15 is 0 Å². The van der Waals surface area contributed by atoms with Gasteiger partial charge in [0.15, 0.2) is 0 Å². The van der Waals surface area contributed by atoms with Gasteiger partial charge in [0.2, 0.25) is 5.91 Å². The number of amides is 1. The zero-order valence-corrected chi connectivity index (χ0v) is 13.1. The fraction of sp³-hybridized carbons (Fsp3) is 0.562. The Labute approximate surface area is 128 Å². The molecular formula is C16H20BrNO2. The predicted octanol–water partition coefficient (Wildman–Crippen LogP) is 3.02. The molecule has 1 amide bonds. The Balaban J connectivity index is 1.64. The maximum absolute atomic E-state index is 12.6. The molecular weight excluding hydrogens is 318 g/mol. The minimum absolute atomic E-state index is 0.256. The molecule has 0 aromatic heterocycles. The molecule has 0 spiro atoms. The molecule has 1 aliphatic carbocycles. The molecule has 0 N–H and O–H groups in total. The van der Waals surface area contributed by atoms with Crippen LogP contribution < -0.4 is 0 Å². The second-order valence-corrected chi connectivity index (χ2v) is 6.63. The second-order valence-electron chi connectivity index (χ2n) is 5.78. The number of carbonyl (C=O) groups excluding carboxylic acids is 1. The van der Waals surface area contributed by atoms with Crippen LogP contribution >= 0.6 is 15.9 Å². The third kappa shape index (κ3) is 3.41. The van der Waals surface area contributed by atoms with Gasteiger partial charge in [0, 0.05) is 29.6 Å². The minimum atomic E-state index is 0.256. The zero-order valence-electron chi connectivity index (χ0n) is 11.6. The van der Waals surface area contributed by atoms with Gasteiger partial charge < -0.3 is 9.64 Å². The summed E-state index contributed by atoms with van der Waals surface area (Å²) < 4.78 is 6.45. The lowest BCUT2D eigenvalue weighted by molar-refractivity contribution is -0.131. The van der Waals surface area contributed by atoms with Gasteiger partial charge in [0.25, 0.3) is 0 Å². The lowest BCUT2D eigenvalue weighted by Gasteiger charge is -2.25. The molecule has 20 heavy (non-hydrogen) atoms. The van der Waals surface area contributed by atoms with E-state index in [9.17, 15) is 4.79 Å². The van der Waals surface area contributed by atoms with Crippen LogP contribution in [0.2, 0.25) is 0 Å². The summed E-state index contributed by atoms with van der Waals surface area (Å²) in [6.07, 6.45) is 3.90. The van der Waals surface area contributed by atoms with E-state index in [0.717, 1.165) is 49.1 Å². The smallest absolute Gasteiger partial charge is 0.227 e. The minimum Gasteiger partial charge on any atom is -0.381 e. The first-order valence-electron chi connectivity index (χ1n) is 7.34. The molecule has 1 aromatic carbocycles. The van der Waals surface area contributed by atoms with Gasteiger partial charge in [-0.15, -0.1) is 0 Å². The van der Waals surface area contributed by atoms with Crippen LogP contribution in [0.4, 0.5) is 0 Å². The molecule has 1 aromatic rings. The second kappa shape index (κ2) is 6.27. The van der Waals surface area contributed by atoms with E-state index in [1.165, 1.54) is 0 Å². The maximum atomic E-state index is 12.6. The van der Waals surface area contributed by atoms with Gasteiger partial charge in [0.1, 0.15) is 0 Å². The quantitative estimate of drug-likeness (QED) is 0.826. The number of hydrogen-bond donors (Lipinski definition) is 0. The van der Waals surface area contributed by atoms with Crippen LogP contribution in [-0.2, 0) is 16.0 Å². The van der Waals surface area contributed by atoms with E-state index in [-0.39, 0.29) is 5.91 Å². The number of hydrogen-bond acceptors (Lipinski definition) is 2. The lowest BCUT2D eigenvalue weighted by atomic mass is 10.1. The molecule has 2 aliphatic rings. The first-order chi connectivity index (χ1) is 9.74.